The molecule has 0 atom stereocenters. The quantitative estimate of drug-likeness (QED) is 0.788. The molecule has 1 N–H and O–H groups in total. The van der Waals surface area contributed by atoms with Gasteiger partial charge in [-0.05, 0) is 35.4 Å². The van der Waals surface area contributed by atoms with Crippen molar-refractivity contribution in [1.29, 1.82) is 0 Å². The lowest BCUT2D eigenvalue weighted by atomic mass is 10.1. The fourth-order valence-electron chi connectivity index (χ4n) is 3.10. The Morgan fingerprint density at radius 2 is 1.95 bits per heavy atom. The van der Waals surface area contributed by atoms with E-state index >= 15 is 0 Å². The predicted octanol–water partition coefficient (Wildman–Crippen LogP) is 4.07. The molecule has 1 aliphatic rings. The van der Waals surface area contributed by atoms with Crippen LogP contribution in [-0.4, -0.2) is 21.6 Å². The smallest absolute Gasteiger partial charge is 0.0927 e. The van der Waals surface area contributed by atoms with Crippen molar-refractivity contribution in [3.05, 3.63) is 64.8 Å². The molecular formula is C19H19N3. The maximum atomic E-state index is 4.39. The van der Waals surface area contributed by atoms with Crippen LogP contribution in [0.25, 0.3) is 23.1 Å². The number of para-hydroxylation sites is 1. The number of hydrogen-bond donors (Lipinski definition) is 1. The Morgan fingerprint density at radius 1 is 1.09 bits per heavy atom. The molecule has 3 heteroatoms. The van der Waals surface area contributed by atoms with Crippen molar-refractivity contribution in [2.75, 3.05) is 6.54 Å². The fourth-order valence-corrected chi connectivity index (χ4v) is 3.10. The van der Waals surface area contributed by atoms with Crippen LogP contribution < -0.4 is 0 Å². The molecule has 4 rings (SSSR count). The zero-order valence-corrected chi connectivity index (χ0v) is 12.7. The minimum Gasteiger partial charge on any atom is -0.295 e. The van der Waals surface area contributed by atoms with Crippen LogP contribution in [0.15, 0.2) is 42.5 Å². The van der Waals surface area contributed by atoms with Crippen LogP contribution in [0.5, 0.6) is 0 Å². The minimum absolute atomic E-state index is 0.992. The van der Waals surface area contributed by atoms with Crippen molar-refractivity contribution in [2.24, 2.45) is 0 Å². The first-order chi connectivity index (χ1) is 10.8. The Balaban J connectivity index is 1.62. The molecule has 0 saturated heterocycles. The van der Waals surface area contributed by atoms with Crippen LogP contribution in [0.2, 0.25) is 0 Å². The number of H-pyrrole nitrogens is 1. The van der Waals surface area contributed by atoms with E-state index in [0.29, 0.717) is 0 Å². The first kappa shape index (κ1) is 13.3. The second-order valence-corrected chi connectivity index (χ2v) is 5.82. The zero-order valence-electron chi connectivity index (χ0n) is 12.7. The van der Waals surface area contributed by atoms with Crippen molar-refractivity contribution in [2.45, 2.75) is 20.0 Å². The van der Waals surface area contributed by atoms with Crippen molar-refractivity contribution in [1.82, 2.24) is 15.1 Å². The Labute approximate surface area is 130 Å². The highest BCUT2D eigenvalue weighted by atomic mass is 15.1. The third kappa shape index (κ3) is 2.34. The van der Waals surface area contributed by atoms with Gasteiger partial charge in [-0.15, -0.1) is 0 Å². The van der Waals surface area contributed by atoms with Crippen LogP contribution in [0.4, 0.5) is 0 Å². The van der Waals surface area contributed by atoms with E-state index in [4.69, 9.17) is 0 Å². The summed E-state index contributed by atoms with van der Waals surface area (Å²) in [5.41, 5.74) is 6.23. The van der Waals surface area contributed by atoms with E-state index in [1.165, 1.54) is 16.7 Å². The molecule has 1 aliphatic heterocycles. The van der Waals surface area contributed by atoms with Crippen molar-refractivity contribution >= 4 is 23.1 Å². The highest BCUT2D eigenvalue weighted by molar-refractivity contribution is 5.89. The average molecular weight is 289 g/mol. The molecule has 0 unspecified atom stereocenters. The first-order valence-corrected chi connectivity index (χ1v) is 7.79. The third-order valence-electron chi connectivity index (χ3n) is 4.40. The third-order valence-corrected chi connectivity index (χ3v) is 4.40. The lowest BCUT2D eigenvalue weighted by Gasteiger charge is -2.09. The van der Waals surface area contributed by atoms with Crippen molar-refractivity contribution in [3.8, 4) is 0 Å². The SMILES string of the molecule is CCN1Cc2ccc(/C=C/c3n[nH]c4ccccc34)cc2C1. The number of rotatable bonds is 3. The maximum Gasteiger partial charge on any atom is 0.0927 e. The zero-order chi connectivity index (χ0) is 14.9. The van der Waals surface area contributed by atoms with Gasteiger partial charge in [0.05, 0.1) is 11.2 Å². The number of nitrogens with one attached hydrogen (secondary N) is 1. The van der Waals surface area contributed by atoms with Gasteiger partial charge < -0.3 is 0 Å². The van der Waals surface area contributed by atoms with Gasteiger partial charge in [0, 0.05) is 18.5 Å². The lowest BCUT2D eigenvalue weighted by molar-refractivity contribution is 0.301. The van der Waals surface area contributed by atoms with Gasteiger partial charge >= 0.3 is 0 Å². The monoisotopic (exact) mass is 289 g/mol. The lowest BCUT2D eigenvalue weighted by Crippen LogP contribution is -2.14. The van der Waals surface area contributed by atoms with E-state index in [1.807, 2.05) is 12.1 Å². The molecule has 3 nitrogen and oxygen atoms in total. The maximum absolute atomic E-state index is 4.39. The number of aromatic nitrogens is 2. The predicted molar refractivity (Wildman–Crippen MR) is 91.3 cm³/mol. The van der Waals surface area contributed by atoms with E-state index in [9.17, 15) is 0 Å². The molecule has 1 aromatic heterocycles. The molecule has 3 aromatic rings. The van der Waals surface area contributed by atoms with Gasteiger partial charge in [-0.1, -0.05) is 49.4 Å². The first-order valence-electron chi connectivity index (χ1n) is 7.79. The topological polar surface area (TPSA) is 31.9 Å². The molecule has 110 valence electrons. The number of fused-ring (bicyclic) bond motifs is 2. The summed E-state index contributed by atoms with van der Waals surface area (Å²) in [6.07, 6.45) is 4.24. The van der Waals surface area contributed by atoms with Gasteiger partial charge in [-0.3, -0.25) is 10.00 Å². The second-order valence-electron chi connectivity index (χ2n) is 5.82. The molecule has 22 heavy (non-hydrogen) atoms. The molecule has 0 amide bonds. The normalized spacial score (nSPS) is 15.0. The van der Waals surface area contributed by atoms with E-state index in [0.717, 1.165) is 36.2 Å². The van der Waals surface area contributed by atoms with Gasteiger partial charge in [-0.2, -0.15) is 5.10 Å². The van der Waals surface area contributed by atoms with Crippen LogP contribution in [0.1, 0.15) is 29.3 Å². The van der Waals surface area contributed by atoms with E-state index < -0.39 is 0 Å². The summed E-state index contributed by atoms with van der Waals surface area (Å²) in [6.45, 7) is 5.48. The van der Waals surface area contributed by atoms with Crippen LogP contribution in [0, 0.1) is 0 Å². The molecule has 0 aliphatic carbocycles. The number of aromatic amines is 1. The number of hydrogen-bond acceptors (Lipinski definition) is 2. The second kappa shape index (κ2) is 5.43. The van der Waals surface area contributed by atoms with Crippen molar-refractivity contribution in [3.63, 3.8) is 0 Å². The number of nitrogens with zero attached hydrogens (tertiary/aromatic N) is 2. The van der Waals surface area contributed by atoms with Crippen LogP contribution in [0.3, 0.4) is 0 Å². The highest BCUT2D eigenvalue weighted by Gasteiger charge is 2.16. The Hall–Kier alpha value is -2.39. The molecule has 2 aromatic carbocycles. The number of benzene rings is 2. The fraction of sp³-hybridized carbons (Fsp3) is 0.211. The molecule has 0 bridgehead atoms. The highest BCUT2D eigenvalue weighted by Crippen LogP contribution is 2.24. The summed E-state index contributed by atoms with van der Waals surface area (Å²) in [7, 11) is 0. The minimum atomic E-state index is 0.992. The van der Waals surface area contributed by atoms with E-state index in [1.54, 1.807) is 0 Å². The van der Waals surface area contributed by atoms with Gasteiger partial charge in [0.1, 0.15) is 0 Å². The molecule has 0 radical (unpaired) electrons. The van der Waals surface area contributed by atoms with E-state index in [2.05, 4.69) is 64.5 Å². The Bertz CT molecular complexity index is 845. The Kier molecular flexibility index (Phi) is 3.28. The van der Waals surface area contributed by atoms with Crippen LogP contribution in [-0.2, 0) is 13.1 Å². The molecule has 0 saturated carbocycles. The van der Waals surface area contributed by atoms with E-state index in [-0.39, 0.29) is 0 Å². The molecule has 0 spiro atoms. The summed E-state index contributed by atoms with van der Waals surface area (Å²) in [6, 6.07) is 15.0. The van der Waals surface area contributed by atoms with Gasteiger partial charge in [0.25, 0.3) is 0 Å². The summed E-state index contributed by atoms with van der Waals surface area (Å²) in [4.78, 5) is 2.46. The van der Waals surface area contributed by atoms with Gasteiger partial charge in [0.2, 0.25) is 0 Å². The Morgan fingerprint density at radius 3 is 2.86 bits per heavy atom. The largest absolute Gasteiger partial charge is 0.295 e. The summed E-state index contributed by atoms with van der Waals surface area (Å²) in [5.74, 6) is 0. The average Bonchev–Trinajstić information content (AvgIpc) is 3.16. The standard InChI is InChI=1S/C19H19N3/c1-2-22-12-15-9-7-14(11-16(15)13-22)8-10-19-17-5-3-4-6-18(17)20-21-19/h3-11H,2,12-13H2,1H3,(H,20,21)/b10-8+. The molecule has 0 fully saturated rings. The van der Waals surface area contributed by atoms with Gasteiger partial charge in [0.15, 0.2) is 0 Å². The van der Waals surface area contributed by atoms with Gasteiger partial charge in [-0.25, -0.2) is 0 Å². The summed E-state index contributed by atoms with van der Waals surface area (Å²) < 4.78 is 0. The van der Waals surface area contributed by atoms with Crippen molar-refractivity contribution < 1.29 is 0 Å². The molecular weight excluding hydrogens is 270 g/mol. The summed E-state index contributed by atoms with van der Waals surface area (Å²) in [5, 5.41) is 8.62. The van der Waals surface area contributed by atoms with Crippen LogP contribution >= 0.6 is 0 Å². The summed E-state index contributed by atoms with van der Waals surface area (Å²) >= 11 is 0. The molecule has 2 heterocycles.